The van der Waals surface area contributed by atoms with E-state index in [1.165, 1.54) is 31.7 Å². The predicted molar refractivity (Wildman–Crippen MR) is 85.5 cm³/mol. The number of hydrogen-bond acceptors (Lipinski definition) is 1. The summed E-state index contributed by atoms with van der Waals surface area (Å²) in [6.45, 7) is 5.02. The summed E-state index contributed by atoms with van der Waals surface area (Å²) in [4.78, 5) is 4.57. The molecule has 1 fully saturated rings. The van der Waals surface area contributed by atoms with Crippen LogP contribution in [0.3, 0.4) is 0 Å². The van der Waals surface area contributed by atoms with Crippen LogP contribution in [0.15, 0.2) is 12.1 Å². The third-order valence-electron chi connectivity index (χ3n) is 4.53. The molecule has 1 aromatic heterocycles. The Morgan fingerprint density at radius 1 is 1.38 bits per heavy atom. The Morgan fingerprint density at radius 3 is 2.67 bits per heavy atom. The average molecular weight is 329 g/mol. The molecular formula is C16H19Cl2FN2. The number of hydrogen-bond donors (Lipinski definition) is 0. The van der Waals surface area contributed by atoms with Crippen LogP contribution in [0.2, 0.25) is 5.02 Å². The largest absolute Gasteiger partial charge is 0.326 e. The van der Waals surface area contributed by atoms with Gasteiger partial charge in [-0.3, -0.25) is 0 Å². The van der Waals surface area contributed by atoms with Gasteiger partial charge in [-0.2, -0.15) is 0 Å². The second-order valence-electron chi connectivity index (χ2n) is 6.44. The van der Waals surface area contributed by atoms with Crippen molar-refractivity contribution in [1.29, 1.82) is 0 Å². The Bertz CT molecular complexity index is 672. The first-order valence-corrected chi connectivity index (χ1v) is 8.20. The van der Waals surface area contributed by atoms with Crippen molar-refractivity contribution in [3.63, 3.8) is 0 Å². The number of imidazole rings is 1. The van der Waals surface area contributed by atoms with Crippen molar-refractivity contribution in [3.8, 4) is 0 Å². The molecule has 1 heterocycles. The van der Waals surface area contributed by atoms with E-state index in [0.29, 0.717) is 5.52 Å². The van der Waals surface area contributed by atoms with Gasteiger partial charge in [0, 0.05) is 12.6 Å². The van der Waals surface area contributed by atoms with E-state index in [1.807, 2.05) is 6.92 Å². The number of benzene rings is 1. The lowest BCUT2D eigenvalue weighted by atomic mass is 9.88. The highest BCUT2D eigenvalue weighted by Crippen LogP contribution is 2.41. The molecule has 1 aliphatic rings. The minimum atomic E-state index is -0.407. The summed E-state index contributed by atoms with van der Waals surface area (Å²) in [5.41, 5.74) is 1.74. The molecule has 114 valence electrons. The van der Waals surface area contributed by atoms with E-state index in [9.17, 15) is 4.39 Å². The molecule has 1 unspecified atom stereocenters. The van der Waals surface area contributed by atoms with Crippen molar-refractivity contribution in [2.24, 2.45) is 5.41 Å². The second-order valence-corrected chi connectivity index (χ2v) is 7.51. The molecule has 1 saturated carbocycles. The molecule has 2 aromatic rings. The minimum Gasteiger partial charge on any atom is -0.326 e. The van der Waals surface area contributed by atoms with Gasteiger partial charge in [-0.15, -0.1) is 11.6 Å². The number of fused-ring (bicyclic) bond motifs is 1. The number of nitrogens with zero attached hydrogens (tertiary/aromatic N) is 2. The van der Waals surface area contributed by atoms with Crippen molar-refractivity contribution >= 4 is 34.2 Å². The fraction of sp³-hybridized carbons (Fsp3) is 0.562. The van der Waals surface area contributed by atoms with Crippen molar-refractivity contribution < 1.29 is 4.39 Å². The van der Waals surface area contributed by atoms with E-state index in [1.54, 1.807) is 6.07 Å². The van der Waals surface area contributed by atoms with E-state index in [0.717, 1.165) is 17.9 Å². The monoisotopic (exact) mass is 328 g/mol. The lowest BCUT2D eigenvalue weighted by Gasteiger charge is -2.26. The normalized spacial score (nSPS) is 19.3. The summed E-state index contributed by atoms with van der Waals surface area (Å²) < 4.78 is 15.9. The van der Waals surface area contributed by atoms with Crippen LogP contribution in [0.4, 0.5) is 4.39 Å². The fourth-order valence-electron chi connectivity index (χ4n) is 3.38. The van der Waals surface area contributed by atoms with E-state index >= 15 is 0 Å². The van der Waals surface area contributed by atoms with Gasteiger partial charge in [-0.05, 0) is 31.2 Å². The molecule has 2 nitrogen and oxygen atoms in total. The Hall–Kier alpha value is -0.800. The lowest BCUT2D eigenvalue weighted by molar-refractivity contribution is 0.281. The highest BCUT2D eigenvalue weighted by Gasteiger charge is 2.31. The first-order valence-electron chi connectivity index (χ1n) is 7.39. The van der Waals surface area contributed by atoms with E-state index in [4.69, 9.17) is 23.2 Å². The molecular weight excluding hydrogens is 310 g/mol. The van der Waals surface area contributed by atoms with Crippen LogP contribution in [0.25, 0.3) is 11.0 Å². The van der Waals surface area contributed by atoms with Crippen molar-refractivity contribution in [3.05, 3.63) is 28.8 Å². The maximum absolute atomic E-state index is 13.8. The molecule has 1 aromatic carbocycles. The zero-order valence-corrected chi connectivity index (χ0v) is 13.8. The average Bonchev–Trinajstić information content (AvgIpc) is 2.97. The summed E-state index contributed by atoms with van der Waals surface area (Å²) in [6, 6.07) is 3.06. The number of aromatic nitrogens is 2. The predicted octanol–water partition coefficient (Wildman–Crippen LogP) is 5.71. The van der Waals surface area contributed by atoms with Gasteiger partial charge in [0.25, 0.3) is 0 Å². The van der Waals surface area contributed by atoms with Crippen LogP contribution in [-0.4, -0.2) is 9.55 Å². The van der Waals surface area contributed by atoms with Crippen molar-refractivity contribution in [1.82, 2.24) is 9.55 Å². The van der Waals surface area contributed by atoms with Crippen LogP contribution in [0.5, 0.6) is 0 Å². The maximum atomic E-state index is 13.8. The first-order chi connectivity index (χ1) is 9.89. The summed E-state index contributed by atoms with van der Waals surface area (Å²) in [5.74, 6) is 0.386. The van der Waals surface area contributed by atoms with Crippen LogP contribution in [-0.2, 0) is 6.54 Å². The van der Waals surface area contributed by atoms with Crippen LogP contribution >= 0.6 is 23.2 Å². The lowest BCUT2D eigenvalue weighted by Crippen LogP contribution is -2.21. The van der Waals surface area contributed by atoms with Crippen LogP contribution in [0, 0.1) is 11.2 Å². The van der Waals surface area contributed by atoms with Crippen LogP contribution < -0.4 is 0 Å². The standard InChI is InChI=1S/C16H19Cl2FN2/c1-10(17)15-20-13-7-11(18)12(19)8-14(13)21(15)9-16(2)5-3-4-6-16/h7-8,10H,3-6,9H2,1-2H3. The Kier molecular flexibility index (Phi) is 3.91. The van der Waals surface area contributed by atoms with Gasteiger partial charge < -0.3 is 4.57 Å². The zero-order valence-electron chi connectivity index (χ0n) is 12.3. The summed E-state index contributed by atoms with van der Waals surface area (Å²) >= 11 is 12.1. The molecule has 0 aliphatic heterocycles. The maximum Gasteiger partial charge on any atom is 0.144 e. The van der Waals surface area contributed by atoms with Gasteiger partial charge in [-0.25, -0.2) is 9.37 Å². The molecule has 0 saturated heterocycles. The van der Waals surface area contributed by atoms with Crippen molar-refractivity contribution in [2.75, 3.05) is 0 Å². The second kappa shape index (κ2) is 5.44. The number of halogens is 3. The molecule has 0 bridgehead atoms. The Balaban J connectivity index is 2.13. The molecule has 1 atom stereocenters. The smallest absolute Gasteiger partial charge is 0.144 e. The summed E-state index contributed by atoms with van der Waals surface area (Å²) in [6.07, 6.45) is 4.90. The molecule has 1 aliphatic carbocycles. The van der Waals surface area contributed by atoms with Crippen LogP contribution in [0.1, 0.15) is 50.7 Å². The van der Waals surface area contributed by atoms with Gasteiger partial charge in [-0.1, -0.05) is 31.4 Å². The third kappa shape index (κ3) is 2.78. The highest BCUT2D eigenvalue weighted by molar-refractivity contribution is 6.31. The van der Waals surface area contributed by atoms with Gasteiger partial charge >= 0.3 is 0 Å². The summed E-state index contributed by atoms with van der Waals surface area (Å²) in [5, 5.41) is -0.114. The third-order valence-corrected chi connectivity index (χ3v) is 5.01. The van der Waals surface area contributed by atoms with Gasteiger partial charge in [0.2, 0.25) is 0 Å². The quantitative estimate of drug-likeness (QED) is 0.660. The van der Waals surface area contributed by atoms with Gasteiger partial charge in [0.15, 0.2) is 0 Å². The molecule has 0 N–H and O–H groups in total. The molecule has 3 rings (SSSR count). The molecule has 5 heteroatoms. The minimum absolute atomic E-state index is 0.105. The molecule has 0 radical (unpaired) electrons. The zero-order chi connectivity index (χ0) is 15.2. The van der Waals surface area contributed by atoms with E-state index in [2.05, 4.69) is 16.5 Å². The Labute approximate surface area is 134 Å². The Morgan fingerprint density at radius 2 is 2.05 bits per heavy atom. The van der Waals surface area contributed by atoms with E-state index < -0.39 is 5.82 Å². The van der Waals surface area contributed by atoms with Gasteiger partial charge in [0.05, 0.1) is 21.4 Å². The topological polar surface area (TPSA) is 17.8 Å². The highest BCUT2D eigenvalue weighted by atomic mass is 35.5. The first kappa shape index (κ1) is 15.1. The fourth-order valence-corrected chi connectivity index (χ4v) is 3.70. The molecule has 0 amide bonds. The number of rotatable bonds is 3. The number of alkyl halides is 1. The van der Waals surface area contributed by atoms with Gasteiger partial charge in [0.1, 0.15) is 11.6 Å². The SMILES string of the molecule is CC(Cl)c1nc2cc(Cl)c(F)cc2n1CC1(C)CCCC1. The van der Waals surface area contributed by atoms with E-state index in [-0.39, 0.29) is 15.8 Å². The van der Waals surface area contributed by atoms with Crippen molar-refractivity contribution in [2.45, 2.75) is 51.5 Å². The molecule has 21 heavy (non-hydrogen) atoms. The molecule has 0 spiro atoms. The summed E-state index contributed by atoms with van der Waals surface area (Å²) in [7, 11) is 0.